The minimum absolute atomic E-state index is 0.597. The molecule has 2 rings (SSSR count). The molecular formula is C18H20O2. The average molecular weight is 268 g/mol. The fourth-order valence-corrected chi connectivity index (χ4v) is 2.05. The first-order chi connectivity index (χ1) is 9.88. The van der Waals surface area contributed by atoms with E-state index >= 15 is 0 Å². The Morgan fingerprint density at radius 1 is 0.850 bits per heavy atom. The lowest BCUT2D eigenvalue weighted by molar-refractivity contribution is -0.107. The average Bonchev–Trinajstić information content (AvgIpc) is 2.52. The van der Waals surface area contributed by atoms with E-state index < -0.39 is 0 Å². The van der Waals surface area contributed by atoms with Gasteiger partial charge in [-0.2, -0.15) is 0 Å². The molecule has 2 aromatic rings. The lowest BCUT2D eigenvalue weighted by atomic mass is 10.1. The van der Waals surface area contributed by atoms with Crippen LogP contribution < -0.4 is 4.74 Å². The van der Waals surface area contributed by atoms with E-state index in [2.05, 4.69) is 24.3 Å². The highest BCUT2D eigenvalue weighted by Crippen LogP contribution is 2.15. The van der Waals surface area contributed by atoms with E-state index in [-0.39, 0.29) is 0 Å². The van der Waals surface area contributed by atoms with Gasteiger partial charge in [0.25, 0.3) is 0 Å². The number of ether oxygens (including phenoxy) is 1. The number of carbonyl (C=O) groups is 1. The molecule has 2 heteroatoms. The van der Waals surface area contributed by atoms with Gasteiger partial charge in [0.15, 0.2) is 0 Å². The fraction of sp³-hybridized carbons (Fsp3) is 0.278. The van der Waals surface area contributed by atoms with Crippen molar-refractivity contribution in [3.8, 4) is 5.75 Å². The Balaban J connectivity index is 1.78. The number of rotatable bonds is 8. The molecule has 2 nitrogen and oxygen atoms in total. The number of benzene rings is 2. The highest BCUT2D eigenvalue weighted by molar-refractivity contribution is 5.48. The predicted octanol–water partition coefficient (Wildman–Crippen LogP) is 4.18. The van der Waals surface area contributed by atoms with E-state index in [0.29, 0.717) is 13.0 Å². The first kappa shape index (κ1) is 14.3. The molecule has 104 valence electrons. The molecule has 0 spiro atoms. The number of hydrogen-bond acceptors (Lipinski definition) is 2. The standard InChI is InChI=1S/C18H20O2/c19-14-6-2-5-7-16-10-12-18(13-11-16)20-15-17-8-3-1-4-9-17/h1,3-4,8-14H,2,5-7,15H2. The third-order valence-corrected chi connectivity index (χ3v) is 3.21. The summed E-state index contributed by atoms with van der Waals surface area (Å²) in [7, 11) is 0. The summed E-state index contributed by atoms with van der Waals surface area (Å²) in [6.07, 6.45) is 4.70. The van der Waals surface area contributed by atoms with Crippen molar-refractivity contribution in [2.45, 2.75) is 32.3 Å². The zero-order chi connectivity index (χ0) is 14.0. The van der Waals surface area contributed by atoms with Crippen LogP contribution in [0, 0.1) is 0 Å². The lowest BCUT2D eigenvalue weighted by Gasteiger charge is -2.07. The normalized spacial score (nSPS) is 10.2. The summed E-state index contributed by atoms with van der Waals surface area (Å²) < 4.78 is 5.74. The third kappa shape index (κ3) is 4.88. The molecule has 0 atom stereocenters. The van der Waals surface area contributed by atoms with Crippen molar-refractivity contribution in [1.82, 2.24) is 0 Å². The molecule has 0 aromatic heterocycles. The van der Waals surface area contributed by atoms with Gasteiger partial charge in [-0.1, -0.05) is 42.5 Å². The molecule has 0 saturated heterocycles. The molecule has 0 bridgehead atoms. The molecular weight excluding hydrogens is 248 g/mol. The van der Waals surface area contributed by atoms with Crippen LogP contribution >= 0.6 is 0 Å². The second kappa shape index (κ2) is 8.16. The van der Waals surface area contributed by atoms with Crippen molar-refractivity contribution in [3.63, 3.8) is 0 Å². The maximum absolute atomic E-state index is 10.2. The molecule has 0 fully saturated rings. The van der Waals surface area contributed by atoms with Crippen LogP contribution in [0.3, 0.4) is 0 Å². The minimum atomic E-state index is 0.597. The van der Waals surface area contributed by atoms with Crippen LogP contribution in [0.25, 0.3) is 0 Å². The maximum Gasteiger partial charge on any atom is 0.119 e. The van der Waals surface area contributed by atoms with E-state index in [1.54, 1.807) is 0 Å². The van der Waals surface area contributed by atoms with Crippen molar-refractivity contribution >= 4 is 6.29 Å². The van der Waals surface area contributed by atoms with Gasteiger partial charge in [-0.05, 0) is 42.5 Å². The largest absolute Gasteiger partial charge is 0.489 e. The summed E-state index contributed by atoms with van der Waals surface area (Å²) in [6, 6.07) is 18.4. The van der Waals surface area contributed by atoms with Crippen molar-refractivity contribution in [2.75, 3.05) is 0 Å². The molecule has 0 aliphatic carbocycles. The Morgan fingerprint density at radius 2 is 1.60 bits per heavy atom. The van der Waals surface area contributed by atoms with Crippen LogP contribution in [-0.4, -0.2) is 6.29 Å². The van der Waals surface area contributed by atoms with Crippen molar-refractivity contribution in [2.24, 2.45) is 0 Å². The highest BCUT2D eigenvalue weighted by Gasteiger charge is 1.97. The molecule has 0 N–H and O–H groups in total. The second-order valence-corrected chi connectivity index (χ2v) is 4.83. The quantitative estimate of drug-likeness (QED) is 0.530. The number of carbonyl (C=O) groups excluding carboxylic acids is 1. The third-order valence-electron chi connectivity index (χ3n) is 3.21. The van der Waals surface area contributed by atoms with Gasteiger partial charge in [0.2, 0.25) is 0 Å². The molecule has 0 heterocycles. The molecule has 0 aliphatic heterocycles. The van der Waals surface area contributed by atoms with E-state index in [1.807, 2.05) is 30.3 Å². The van der Waals surface area contributed by atoms with Gasteiger partial charge in [0.05, 0.1) is 0 Å². The van der Waals surface area contributed by atoms with Crippen LogP contribution in [0.15, 0.2) is 54.6 Å². The van der Waals surface area contributed by atoms with E-state index in [9.17, 15) is 4.79 Å². The van der Waals surface area contributed by atoms with Crippen LogP contribution in [0.4, 0.5) is 0 Å². The Kier molecular flexibility index (Phi) is 5.84. The summed E-state index contributed by atoms with van der Waals surface area (Å²) in [5, 5.41) is 0. The molecule has 0 unspecified atom stereocenters. The van der Waals surface area contributed by atoms with Crippen molar-refractivity contribution in [3.05, 3.63) is 65.7 Å². The Labute approximate surface area is 120 Å². The second-order valence-electron chi connectivity index (χ2n) is 4.83. The monoisotopic (exact) mass is 268 g/mol. The number of aryl methyl sites for hydroxylation is 1. The van der Waals surface area contributed by atoms with E-state index in [4.69, 9.17) is 4.74 Å². The number of unbranched alkanes of at least 4 members (excludes halogenated alkanes) is 2. The summed E-state index contributed by atoms with van der Waals surface area (Å²) in [5.74, 6) is 0.894. The van der Waals surface area contributed by atoms with Crippen LogP contribution in [0.1, 0.15) is 30.4 Å². The van der Waals surface area contributed by atoms with Gasteiger partial charge < -0.3 is 9.53 Å². The van der Waals surface area contributed by atoms with Crippen molar-refractivity contribution in [1.29, 1.82) is 0 Å². The van der Waals surface area contributed by atoms with Crippen molar-refractivity contribution < 1.29 is 9.53 Å². The zero-order valence-electron chi connectivity index (χ0n) is 11.6. The minimum Gasteiger partial charge on any atom is -0.489 e. The first-order valence-electron chi connectivity index (χ1n) is 7.08. The molecule has 0 radical (unpaired) electrons. The van der Waals surface area contributed by atoms with Crippen LogP contribution in [0.2, 0.25) is 0 Å². The first-order valence-corrected chi connectivity index (χ1v) is 7.08. The molecule has 20 heavy (non-hydrogen) atoms. The Hall–Kier alpha value is -2.09. The van der Waals surface area contributed by atoms with Gasteiger partial charge >= 0.3 is 0 Å². The maximum atomic E-state index is 10.2. The summed E-state index contributed by atoms with van der Waals surface area (Å²) in [4.78, 5) is 10.2. The predicted molar refractivity (Wildman–Crippen MR) is 80.8 cm³/mol. The number of aldehydes is 1. The molecule has 0 aliphatic rings. The Morgan fingerprint density at radius 3 is 2.30 bits per heavy atom. The van der Waals surface area contributed by atoms with Gasteiger partial charge in [-0.25, -0.2) is 0 Å². The summed E-state index contributed by atoms with van der Waals surface area (Å²) >= 11 is 0. The number of hydrogen-bond donors (Lipinski definition) is 0. The summed E-state index contributed by atoms with van der Waals surface area (Å²) in [6.45, 7) is 0.597. The fourth-order valence-electron chi connectivity index (χ4n) is 2.05. The van der Waals surface area contributed by atoms with E-state index in [1.165, 1.54) is 11.1 Å². The highest BCUT2D eigenvalue weighted by atomic mass is 16.5. The molecule has 2 aromatic carbocycles. The smallest absolute Gasteiger partial charge is 0.119 e. The SMILES string of the molecule is O=CCCCCc1ccc(OCc2ccccc2)cc1. The summed E-state index contributed by atoms with van der Waals surface area (Å²) in [5.41, 5.74) is 2.47. The van der Waals surface area contributed by atoms with Gasteiger partial charge in [-0.15, -0.1) is 0 Å². The molecule has 0 amide bonds. The van der Waals surface area contributed by atoms with Gasteiger partial charge in [0.1, 0.15) is 18.6 Å². The Bertz CT molecular complexity index is 503. The topological polar surface area (TPSA) is 26.3 Å². The van der Waals surface area contributed by atoms with Gasteiger partial charge in [0, 0.05) is 6.42 Å². The lowest BCUT2D eigenvalue weighted by Crippen LogP contribution is -1.95. The molecule has 0 saturated carbocycles. The van der Waals surface area contributed by atoms with Crippen LogP contribution in [-0.2, 0) is 17.8 Å². The van der Waals surface area contributed by atoms with Crippen LogP contribution in [0.5, 0.6) is 5.75 Å². The van der Waals surface area contributed by atoms with E-state index in [0.717, 1.165) is 31.3 Å². The zero-order valence-corrected chi connectivity index (χ0v) is 11.6. The van der Waals surface area contributed by atoms with Gasteiger partial charge in [-0.3, -0.25) is 0 Å².